The minimum absolute atomic E-state index is 0.0116. The first-order valence-corrected chi connectivity index (χ1v) is 11.0. The second kappa shape index (κ2) is 9.67. The van der Waals surface area contributed by atoms with Crippen LogP contribution >= 0.6 is 0 Å². The summed E-state index contributed by atoms with van der Waals surface area (Å²) in [6.07, 6.45) is 1.02. The third kappa shape index (κ3) is 5.08. The fraction of sp³-hybridized carbons (Fsp3) is 0.417. The Morgan fingerprint density at radius 2 is 1.69 bits per heavy atom. The lowest BCUT2D eigenvalue weighted by Gasteiger charge is -2.38. The predicted molar refractivity (Wildman–Crippen MR) is 123 cm³/mol. The summed E-state index contributed by atoms with van der Waals surface area (Å²) in [5.74, 6) is -1.86. The van der Waals surface area contributed by atoms with Gasteiger partial charge in [0.05, 0.1) is 6.04 Å². The smallest absolute Gasteiger partial charge is 0.313 e. The molecule has 0 unspecified atom stereocenters. The van der Waals surface area contributed by atoms with Crippen LogP contribution in [-0.4, -0.2) is 75.0 Å². The first-order valence-electron chi connectivity index (χ1n) is 11.0. The van der Waals surface area contributed by atoms with Crippen molar-refractivity contribution in [2.75, 3.05) is 63.6 Å². The highest BCUT2D eigenvalue weighted by molar-refractivity contribution is 6.39. The number of amides is 2. The van der Waals surface area contributed by atoms with Gasteiger partial charge in [0.15, 0.2) is 0 Å². The van der Waals surface area contributed by atoms with E-state index in [-0.39, 0.29) is 6.04 Å². The van der Waals surface area contributed by atoms with Crippen LogP contribution in [0.2, 0.25) is 0 Å². The monoisotopic (exact) mass is 439 g/mol. The number of rotatable bonds is 5. The fourth-order valence-corrected chi connectivity index (χ4v) is 4.38. The number of carbonyl (C=O) groups is 2. The van der Waals surface area contributed by atoms with E-state index in [1.165, 1.54) is 35.5 Å². The molecule has 2 N–H and O–H groups in total. The maximum atomic E-state index is 13.1. The molecule has 2 amide bonds. The Hall–Kier alpha value is -2.97. The van der Waals surface area contributed by atoms with E-state index in [0.29, 0.717) is 12.2 Å². The van der Waals surface area contributed by atoms with Gasteiger partial charge >= 0.3 is 11.8 Å². The van der Waals surface area contributed by atoms with Crippen molar-refractivity contribution >= 4 is 23.2 Å². The van der Waals surface area contributed by atoms with Crippen LogP contribution in [0.3, 0.4) is 0 Å². The lowest BCUT2D eigenvalue weighted by atomic mass is 10.00. The Balaban J connectivity index is 1.45. The van der Waals surface area contributed by atoms with Gasteiger partial charge in [0, 0.05) is 57.7 Å². The summed E-state index contributed by atoms with van der Waals surface area (Å²) >= 11 is 0. The van der Waals surface area contributed by atoms with E-state index in [1.807, 2.05) is 0 Å². The Bertz CT molecular complexity index is 973. The van der Waals surface area contributed by atoms with Crippen LogP contribution < -0.4 is 15.5 Å². The Labute approximate surface area is 188 Å². The van der Waals surface area contributed by atoms with Crippen molar-refractivity contribution in [3.63, 3.8) is 0 Å². The van der Waals surface area contributed by atoms with Crippen molar-refractivity contribution in [3.8, 4) is 0 Å². The summed E-state index contributed by atoms with van der Waals surface area (Å²) < 4.78 is 13.1. The van der Waals surface area contributed by atoms with Crippen LogP contribution in [0.15, 0.2) is 42.5 Å². The molecule has 8 heteroatoms. The molecule has 170 valence electrons. The fourth-order valence-electron chi connectivity index (χ4n) is 4.38. The van der Waals surface area contributed by atoms with Crippen LogP contribution in [-0.2, 0) is 16.0 Å². The molecule has 2 aliphatic rings. The summed E-state index contributed by atoms with van der Waals surface area (Å²) in [5.41, 5.74) is 4.12. The molecule has 2 aromatic rings. The molecule has 0 aromatic heterocycles. The van der Waals surface area contributed by atoms with Crippen LogP contribution in [0.1, 0.15) is 17.2 Å². The second-order valence-electron chi connectivity index (χ2n) is 8.59. The van der Waals surface area contributed by atoms with Gasteiger partial charge in [-0.3, -0.25) is 14.5 Å². The zero-order chi connectivity index (χ0) is 22.7. The zero-order valence-electron chi connectivity index (χ0n) is 18.6. The molecular weight excluding hydrogens is 409 g/mol. The summed E-state index contributed by atoms with van der Waals surface area (Å²) in [4.78, 5) is 31.7. The largest absolute Gasteiger partial charge is 0.374 e. The molecule has 32 heavy (non-hydrogen) atoms. The number of halogens is 1. The van der Waals surface area contributed by atoms with E-state index < -0.39 is 17.6 Å². The molecule has 2 heterocycles. The lowest BCUT2D eigenvalue weighted by Crippen LogP contribution is -2.49. The summed E-state index contributed by atoms with van der Waals surface area (Å²) in [5, 5.41) is 5.32. The number of nitrogens with one attached hydrogen (secondary N) is 2. The molecule has 0 radical (unpaired) electrons. The van der Waals surface area contributed by atoms with E-state index >= 15 is 0 Å². The van der Waals surface area contributed by atoms with Gasteiger partial charge in [-0.2, -0.15) is 0 Å². The van der Waals surface area contributed by atoms with Crippen LogP contribution in [0.5, 0.6) is 0 Å². The third-order valence-electron chi connectivity index (χ3n) is 6.36. The predicted octanol–water partition coefficient (Wildman–Crippen LogP) is 1.86. The van der Waals surface area contributed by atoms with Gasteiger partial charge in [-0.05, 0) is 54.9 Å². The number of nitrogens with zero attached hydrogens (tertiary/aromatic N) is 3. The van der Waals surface area contributed by atoms with Gasteiger partial charge < -0.3 is 20.4 Å². The minimum Gasteiger partial charge on any atom is -0.374 e. The van der Waals surface area contributed by atoms with Gasteiger partial charge in [0.2, 0.25) is 0 Å². The SMILES string of the molecule is CN1CCN([C@H](CNC(=O)C(=O)Nc2ccc(F)cc2)c2ccc3c(c2)CCN3C)CC1. The lowest BCUT2D eigenvalue weighted by molar-refractivity contribution is -0.136. The average Bonchev–Trinajstić information content (AvgIpc) is 3.16. The van der Waals surface area contributed by atoms with Gasteiger partial charge in [-0.15, -0.1) is 0 Å². The Morgan fingerprint density at radius 1 is 0.969 bits per heavy atom. The molecule has 1 fully saturated rings. The highest BCUT2D eigenvalue weighted by Crippen LogP contribution is 2.31. The second-order valence-corrected chi connectivity index (χ2v) is 8.59. The van der Waals surface area contributed by atoms with Crippen LogP contribution in [0.25, 0.3) is 0 Å². The molecular formula is C24H30FN5O2. The first kappa shape index (κ1) is 22.2. The average molecular weight is 440 g/mol. The molecule has 2 aliphatic heterocycles. The van der Waals surface area contributed by atoms with E-state index in [9.17, 15) is 14.0 Å². The number of anilines is 2. The third-order valence-corrected chi connectivity index (χ3v) is 6.36. The van der Waals surface area contributed by atoms with Gasteiger partial charge in [0.1, 0.15) is 5.82 Å². The summed E-state index contributed by atoms with van der Waals surface area (Å²) in [6.45, 7) is 5.07. The molecule has 7 nitrogen and oxygen atoms in total. The quantitative estimate of drug-likeness (QED) is 0.697. The number of likely N-dealkylation sites (N-methyl/N-ethyl adjacent to an activating group) is 2. The molecule has 1 saturated heterocycles. The molecule has 2 aromatic carbocycles. The van der Waals surface area contributed by atoms with E-state index in [0.717, 1.165) is 44.7 Å². The summed E-state index contributed by atoms with van der Waals surface area (Å²) in [6, 6.07) is 11.8. The number of hydrogen-bond donors (Lipinski definition) is 2. The highest BCUT2D eigenvalue weighted by Gasteiger charge is 2.27. The van der Waals surface area contributed by atoms with Crippen LogP contribution in [0.4, 0.5) is 15.8 Å². The van der Waals surface area contributed by atoms with Crippen molar-refractivity contribution in [1.82, 2.24) is 15.1 Å². The summed E-state index contributed by atoms with van der Waals surface area (Å²) in [7, 11) is 4.21. The zero-order valence-corrected chi connectivity index (χ0v) is 18.6. The van der Waals surface area contributed by atoms with Crippen molar-refractivity contribution in [1.29, 1.82) is 0 Å². The first-order chi connectivity index (χ1) is 15.4. The van der Waals surface area contributed by atoms with Crippen molar-refractivity contribution in [2.24, 2.45) is 0 Å². The number of benzene rings is 2. The van der Waals surface area contributed by atoms with Crippen LogP contribution in [0, 0.1) is 5.82 Å². The maximum Gasteiger partial charge on any atom is 0.313 e. The van der Waals surface area contributed by atoms with Gasteiger partial charge in [-0.1, -0.05) is 12.1 Å². The molecule has 0 saturated carbocycles. The Morgan fingerprint density at radius 3 is 2.41 bits per heavy atom. The molecule has 0 aliphatic carbocycles. The van der Waals surface area contributed by atoms with Crippen molar-refractivity contribution in [2.45, 2.75) is 12.5 Å². The van der Waals surface area contributed by atoms with Gasteiger partial charge in [0.25, 0.3) is 0 Å². The van der Waals surface area contributed by atoms with E-state index in [4.69, 9.17) is 0 Å². The number of hydrogen-bond acceptors (Lipinski definition) is 5. The highest BCUT2D eigenvalue weighted by atomic mass is 19.1. The molecule has 0 bridgehead atoms. The molecule has 1 atom stereocenters. The topological polar surface area (TPSA) is 67.9 Å². The number of fused-ring (bicyclic) bond motifs is 1. The normalized spacial score (nSPS) is 17.7. The Kier molecular flexibility index (Phi) is 6.72. The molecule has 4 rings (SSSR count). The maximum absolute atomic E-state index is 13.1. The molecule has 0 spiro atoms. The number of piperazine rings is 1. The van der Waals surface area contributed by atoms with Crippen molar-refractivity contribution in [3.05, 3.63) is 59.4 Å². The number of carbonyl (C=O) groups excluding carboxylic acids is 2. The van der Waals surface area contributed by atoms with Gasteiger partial charge in [-0.25, -0.2) is 4.39 Å². The van der Waals surface area contributed by atoms with E-state index in [2.05, 4.69) is 57.6 Å². The van der Waals surface area contributed by atoms with E-state index in [1.54, 1.807) is 0 Å². The minimum atomic E-state index is -0.760. The van der Waals surface area contributed by atoms with Crippen molar-refractivity contribution < 1.29 is 14.0 Å². The standard InChI is InChI=1S/C24H30FN5O2/c1-28-11-13-30(14-12-28)22(17-3-8-21-18(15-17)9-10-29(21)2)16-26-23(31)24(32)27-20-6-4-19(25)5-7-20/h3-8,15,22H,9-14,16H2,1-2H3,(H,26,31)(H,27,32)/t22-/m1/s1.